The normalized spacial score (nSPS) is 12.8. The van der Waals surface area contributed by atoms with E-state index >= 15 is 0 Å². The third kappa shape index (κ3) is 4.82. The zero-order chi connectivity index (χ0) is 27.0. The summed E-state index contributed by atoms with van der Waals surface area (Å²) in [5.41, 5.74) is 3.96. The zero-order valence-corrected chi connectivity index (χ0v) is 21.0. The number of amides is 2. The first-order valence-corrected chi connectivity index (χ1v) is 12.2. The number of aromatic nitrogens is 3. The SMILES string of the molecule is C=CC(=O)N(C)CC(=O)c1c[nH]c2ncnc(-c3cc(F)cc(NC(=O)c4ccc(C5CC5)cc4)c3C)c12. The number of likely N-dealkylation sites (N-methyl/N-ethyl adjacent to an activating group) is 1. The lowest BCUT2D eigenvalue weighted by Gasteiger charge is -2.15. The number of hydrogen-bond acceptors (Lipinski definition) is 5. The molecule has 38 heavy (non-hydrogen) atoms. The topological polar surface area (TPSA) is 108 Å². The number of carbonyl (C=O) groups excluding carboxylic acids is 3. The molecule has 1 aliphatic carbocycles. The lowest BCUT2D eigenvalue weighted by Crippen LogP contribution is -2.30. The summed E-state index contributed by atoms with van der Waals surface area (Å²) in [6.07, 6.45) is 6.29. The van der Waals surface area contributed by atoms with E-state index in [9.17, 15) is 18.8 Å². The maximum atomic E-state index is 14.9. The van der Waals surface area contributed by atoms with Crippen molar-refractivity contribution in [2.24, 2.45) is 0 Å². The summed E-state index contributed by atoms with van der Waals surface area (Å²) >= 11 is 0. The van der Waals surface area contributed by atoms with Gasteiger partial charge in [0.1, 0.15) is 17.8 Å². The maximum Gasteiger partial charge on any atom is 0.255 e. The fraction of sp³-hybridized carbons (Fsp3) is 0.207. The molecule has 0 aliphatic heterocycles. The number of nitrogens with zero attached hydrogens (tertiary/aromatic N) is 3. The first kappa shape index (κ1) is 25.0. The molecule has 2 heterocycles. The van der Waals surface area contributed by atoms with Crippen LogP contribution >= 0.6 is 0 Å². The highest BCUT2D eigenvalue weighted by Crippen LogP contribution is 2.40. The van der Waals surface area contributed by atoms with E-state index in [1.54, 1.807) is 19.1 Å². The Labute approximate surface area is 218 Å². The molecule has 0 radical (unpaired) electrons. The molecule has 0 spiro atoms. The minimum Gasteiger partial charge on any atom is -0.345 e. The van der Waals surface area contributed by atoms with Crippen LogP contribution in [0.25, 0.3) is 22.3 Å². The predicted molar refractivity (Wildman–Crippen MR) is 143 cm³/mol. The van der Waals surface area contributed by atoms with Gasteiger partial charge >= 0.3 is 0 Å². The number of nitrogens with one attached hydrogen (secondary N) is 2. The fourth-order valence-corrected chi connectivity index (χ4v) is 4.49. The van der Waals surface area contributed by atoms with Gasteiger partial charge in [-0.05, 0) is 67.2 Å². The Balaban J connectivity index is 1.50. The second-order valence-electron chi connectivity index (χ2n) is 9.45. The highest BCUT2D eigenvalue weighted by molar-refractivity contribution is 6.13. The largest absolute Gasteiger partial charge is 0.345 e. The van der Waals surface area contributed by atoms with E-state index in [1.165, 1.54) is 55.0 Å². The monoisotopic (exact) mass is 511 g/mol. The van der Waals surface area contributed by atoms with Crippen LogP contribution < -0.4 is 5.32 Å². The number of Topliss-reactive ketones (excluding diaryl/α,β-unsaturated/α-hetero) is 1. The summed E-state index contributed by atoms with van der Waals surface area (Å²) in [4.78, 5) is 50.7. The molecule has 8 nitrogen and oxygen atoms in total. The number of carbonyl (C=O) groups is 3. The zero-order valence-electron chi connectivity index (χ0n) is 21.0. The number of anilines is 1. The minimum atomic E-state index is -0.573. The molecule has 2 N–H and O–H groups in total. The van der Waals surface area contributed by atoms with Crippen molar-refractivity contribution < 1.29 is 18.8 Å². The van der Waals surface area contributed by atoms with Gasteiger partial charge in [-0.2, -0.15) is 0 Å². The van der Waals surface area contributed by atoms with Crippen LogP contribution in [0.3, 0.4) is 0 Å². The molecule has 9 heteroatoms. The smallest absolute Gasteiger partial charge is 0.255 e. The molecule has 0 bridgehead atoms. The summed E-state index contributed by atoms with van der Waals surface area (Å²) < 4.78 is 14.9. The third-order valence-electron chi connectivity index (χ3n) is 6.80. The van der Waals surface area contributed by atoms with Crippen molar-refractivity contribution in [3.8, 4) is 11.3 Å². The van der Waals surface area contributed by atoms with Crippen LogP contribution in [0.2, 0.25) is 0 Å². The first-order chi connectivity index (χ1) is 18.3. The molecule has 4 aromatic rings. The summed E-state index contributed by atoms with van der Waals surface area (Å²) in [6, 6.07) is 10.0. The van der Waals surface area contributed by atoms with E-state index in [2.05, 4.69) is 26.8 Å². The predicted octanol–water partition coefficient (Wildman–Crippen LogP) is 5.03. The lowest BCUT2D eigenvalue weighted by molar-refractivity contribution is -0.124. The number of aromatic amines is 1. The summed E-state index contributed by atoms with van der Waals surface area (Å²) in [6.45, 7) is 5.00. The number of rotatable bonds is 8. The Morgan fingerprint density at radius 3 is 2.61 bits per heavy atom. The molecule has 5 rings (SSSR count). The Morgan fingerprint density at radius 2 is 1.92 bits per heavy atom. The summed E-state index contributed by atoms with van der Waals surface area (Å²) in [5.74, 6) is -1.08. The lowest BCUT2D eigenvalue weighted by atomic mass is 9.98. The molecule has 2 amide bonds. The van der Waals surface area contributed by atoms with Gasteiger partial charge in [-0.25, -0.2) is 14.4 Å². The van der Waals surface area contributed by atoms with Crippen LogP contribution in [0.15, 0.2) is 61.6 Å². The first-order valence-electron chi connectivity index (χ1n) is 12.2. The molecule has 2 aromatic carbocycles. The minimum absolute atomic E-state index is 0.185. The van der Waals surface area contributed by atoms with Crippen LogP contribution in [0, 0.1) is 12.7 Å². The average molecular weight is 512 g/mol. The Hall–Kier alpha value is -4.66. The Kier molecular flexibility index (Phi) is 6.59. The van der Waals surface area contributed by atoms with E-state index in [-0.39, 0.29) is 23.8 Å². The number of ketones is 1. The summed E-state index contributed by atoms with van der Waals surface area (Å²) in [7, 11) is 1.50. The van der Waals surface area contributed by atoms with Crippen LogP contribution in [0.1, 0.15) is 50.6 Å². The highest BCUT2D eigenvalue weighted by atomic mass is 19.1. The molecule has 2 aromatic heterocycles. The van der Waals surface area contributed by atoms with E-state index in [0.717, 1.165) is 6.08 Å². The van der Waals surface area contributed by atoms with Gasteiger partial charge < -0.3 is 15.2 Å². The van der Waals surface area contributed by atoms with Crippen LogP contribution in [-0.2, 0) is 4.79 Å². The molecule has 192 valence electrons. The molecule has 0 atom stereocenters. The number of benzene rings is 2. The van der Waals surface area contributed by atoms with Gasteiger partial charge in [0.25, 0.3) is 5.91 Å². The molecule has 1 saturated carbocycles. The van der Waals surface area contributed by atoms with Gasteiger partial charge in [0.05, 0.1) is 17.6 Å². The number of halogens is 1. The second-order valence-corrected chi connectivity index (χ2v) is 9.45. The van der Waals surface area contributed by atoms with E-state index in [4.69, 9.17) is 0 Å². The van der Waals surface area contributed by atoms with Crippen molar-refractivity contribution in [1.82, 2.24) is 19.9 Å². The Morgan fingerprint density at radius 1 is 1.18 bits per heavy atom. The van der Waals surface area contributed by atoms with Gasteiger partial charge in [-0.15, -0.1) is 0 Å². The highest BCUT2D eigenvalue weighted by Gasteiger charge is 2.24. The van der Waals surface area contributed by atoms with E-state index in [0.29, 0.717) is 45.0 Å². The van der Waals surface area contributed by atoms with Gasteiger partial charge in [-0.3, -0.25) is 14.4 Å². The number of hydrogen-bond donors (Lipinski definition) is 2. The number of fused-ring (bicyclic) bond motifs is 1. The van der Waals surface area contributed by atoms with Gasteiger partial charge in [0, 0.05) is 35.6 Å². The molecule has 1 aliphatic rings. The Bertz CT molecular complexity index is 1590. The molecular formula is C29H26FN5O3. The van der Waals surface area contributed by atoms with Crippen molar-refractivity contribution >= 4 is 34.3 Å². The quantitative estimate of drug-likeness (QED) is 0.255. The van der Waals surface area contributed by atoms with Crippen LogP contribution in [0.4, 0.5) is 10.1 Å². The van der Waals surface area contributed by atoms with Crippen molar-refractivity contribution in [1.29, 1.82) is 0 Å². The number of H-pyrrole nitrogens is 1. The average Bonchev–Trinajstić information content (AvgIpc) is 3.68. The summed E-state index contributed by atoms with van der Waals surface area (Å²) in [5, 5.41) is 3.22. The maximum absolute atomic E-state index is 14.9. The second kappa shape index (κ2) is 10.0. The van der Waals surface area contributed by atoms with Crippen molar-refractivity contribution in [2.75, 3.05) is 18.9 Å². The molecule has 0 saturated heterocycles. The van der Waals surface area contributed by atoms with Crippen LogP contribution in [0.5, 0.6) is 0 Å². The molecular weight excluding hydrogens is 485 g/mol. The van der Waals surface area contributed by atoms with E-state index < -0.39 is 11.7 Å². The van der Waals surface area contributed by atoms with Crippen LogP contribution in [-0.4, -0.2) is 51.0 Å². The molecule has 1 fully saturated rings. The third-order valence-corrected chi connectivity index (χ3v) is 6.80. The fourth-order valence-electron chi connectivity index (χ4n) is 4.49. The van der Waals surface area contributed by atoms with Gasteiger partial charge in [-0.1, -0.05) is 18.7 Å². The molecule has 0 unspecified atom stereocenters. The van der Waals surface area contributed by atoms with Gasteiger partial charge in [0.2, 0.25) is 5.91 Å². The van der Waals surface area contributed by atoms with Gasteiger partial charge in [0.15, 0.2) is 5.78 Å². The van der Waals surface area contributed by atoms with Crippen molar-refractivity contribution in [2.45, 2.75) is 25.7 Å². The standard InChI is InChI=1S/C29H26FN5O3/c1-4-25(37)35(3)14-24(36)22-13-31-28-26(22)27(32-15-33-28)21-11-20(30)12-23(16(21)2)34-29(38)19-9-7-18(8-10-19)17-5-6-17/h4,7-13,15,17H,1,5-6,14H2,2-3H3,(H,34,38)(H,31,32,33). The van der Waals surface area contributed by atoms with Crippen molar-refractivity contribution in [3.05, 3.63) is 89.6 Å². The van der Waals surface area contributed by atoms with Crippen molar-refractivity contribution in [3.63, 3.8) is 0 Å². The van der Waals surface area contributed by atoms with E-state index in [1.807, 2.05) is 12.1 Å².